The lowest BCUT2D eigenvalue weighted by Gasteiger charge is -2.24. The Bertz CT molecular complexity index is 910. The monoisotopic (exact) mass is 730 g/mol. The number of hydrogen-bond acceptors (Lipinski definition) is 5. The molecule has 3 unspecified atom stereocenters. The van der Waals surface area contributed by atoms with Crippen LogP contribution in [-0.2, 0) is 14.3 Å². The largest absolute Gasteiger partial charge is 0.462 e. The summed E-state index contributed by atoms with van der Waals surface area (Å²) in [5.74, 6) is -0.510. The number of aliphatic hydroxyl groups is 2. The van der Waals surface area contributed by atoms with Crippen molar-refractivity contribution in [3.63, 3.8) is 0 Å². The van der Waals surface area contributed by atoms with Crippen LogP contribution in [0.25, 0.3) is 0 Å². The lowest BCUT2D eigenvalue weighted by atomic mass is 10.0. The summed E-state index contributed by atoms with van der Waals surface area (Å²) < 4.78 is 5.87. The smallest absolute Gasteiger partial charge is 0.306 e. The summed E-state index contributed by atoms with van der Waals surface area (Å²) in [4.78, 5) is 25.9. The van der Waals surface area contributed by atoms with Crippen molar-refractivity contribution in [2.45, 2.75) is 225 Å². The first kappa shape index (κ1) is 49.8. The van der Waals surface area contributed by atoms with Crippen LogP contribution < -0.4 is 5.32 Å². The molecule has 0 radical (unpaired) electrons. The van der Waals surface area contributed by atoms with E-state index in [-0.39, 0.29) is 24.9 Å². The molecule has 3 atom stereocenters. The summed E-state index contributed by atoms with van der Waals surface area (Å²) in [6.07, 6.45) is 46.0. The van der Waals surface area contributed by atoms with Crippen molar-refractivity contribution in [2.75, 3.05) is 6.61 Å². The van der Waals surface area contributed by atoms with Gasteiger partial charge in [-0.3, -0.25) is 9.59 Å². The first-order chi connectivity index (χ1) is 25.5. The molecule has 0 aliphatic carbocycles. The maximum Gasteiger partial charge on any atom is 0.306 e. The SMILES string of the molecule is CC/C=C/C=C/C=C/CCCCCCCC(CC(=O)NC(CO)C(O)CCCCCCCCCCC)OC(=O)CCCCCCC/C=C\CCCC. The number of carbonyl (C=O) groups is 2. The molecule has 0 fully saturated rings. The molecule has 0 aliphatic heterocycles. The van der Waals surface area contributed by atoms with Gasteiger partial charge in [0.25, 0.3) is 0 Å². The van der Waals surface area contributed by atoms with Crippen LogP contribution in [0.15, 0.2) is 48.6 Å². The third-order valence-electron chi connectivity index (χ3n) is 9.70. The molecular formula is C46H83NO5. The lowest BCUT2D eigenvalue weighted by Crippen LogP contribution is -2.46. The fourth-order valence-corrected chi connectivity index (χ4v) is 6.35. The van der Waals surface area contributed by atoms with E-state index >= 15 is 0 Å². The second kappa shape index (κ2) is 40.0. The van der Waals surface area contributed by atoms with E-state index in [0.717, 1.165) is 89.9 Å². The number of hydrogen-bond donors (Lipinski definition) is 3. The highest BCUT2D eigenvalue weighted by Gasteiger charge is 2.24. The molecule has 0 saturated carbocycles. The van der Waals surface area contributed by atoms with Crippen LogP contribution in [0.3, 0.4) is 0 Å². The molecular weight excluding hydrogens is 647 g/mol. The van der Waals surface area contributed by atoms with Gasteiger partial charge in [0.05, 0.1) is 25.2 Å². The normalized spacial score (nSPS) is 13.9. The molecule has 0 spiro atoms. The summed E-state index contributed by atoms with van der Waals surface area (Å²) in [6.45, 7) is 6.27. The van der Waals surface area contributed by atoms with Gasteiger partial charge in [-0.15, -0.1) is 0 Å². The molecule has 0 aromatic heterocycles. The van der Waals surface area contributed by atoms with Gasteiger partial charge in [-0.25, -0.2) is 0 Å². The van der Waals surface area contributed by atoms with Crippen molar-refractivity contribution in [2.24, 2.45) is 0 Å². The molecule has 0 heterocycles. The summed E-state index contributed by atoms with van der Waals surface area (Å²) in [5, 5.41) is 23.5. The molecule has 0 aliphatic rings. The molecule has 0 rings (SSSR count). The van der Waals surface area contributed by atoms with Gasteiger partial charge in [0, 0.05) is 6.42 Å². The molecule has 302 valence electrons. The van der Waals surface area contributed by atoms with Crippen LogP contribution in [0.2, 0.25) is 0 Å². The van der Waals surface area contributed by atoms with Crippen molar-refractivity contribution in [3.05, 3.63) is 48.6 Å². The summed E-state index contributed by atoms with van der Waals surface area (Å²) >= 11 is 0. The minimum atomic E-state index is -0.791. The zero-order valence-corrected chi connectivity index (χ0v) is 34.2. The van der Waals surface area contributed by atoms with Crippen molar-refractivity contribution in [3.8, 4) is 0 Å². The zero-order valence-electron chi connectivity index (χ0n) is 34.2. The van der Waals surface area contributed by atoms with Crippen LogP contribution in [0.5, 0.6) is 0 Å². The topological polar surface area (TPSA) is 95.9 Å². The predicted octanol–water partition coefficient (Wildman–Crippen LogP) is 12.3. The van der Waals surface area contributed by atoms with Crippen molar-refractivity contribution < 1.29 is 24.5 Å². The van der Waals surface area contributed by atoms with E-state index in [1.54, 1.807) is 0 Å². The lowest BCUT2D eigenvalue weighted by molar-refractivity contribution is -0.151. The molecule has 0 bridgehead atoms. The van der Waals surface area contributed by atoms with Gasteiger partial charge in [-0.2, -0.15) is 0 Å². The van der Waals surface area contributed by atoms with Crippen LogP contribution in [-0.4, -0.2) is 46.9 Å². The number of allylic oxidation sites excluding steroid dienone is 8. The molecule has 0 aromatic carbocycles. The molecule has 0 aromatic rings. The van der Waals surface area contributed by atoms with Crippen molar-refractivity contribution in [1.29, 1.82) is 0 Å². The van der Waals surface area contributed by atoms with Gasteiger partial charge in [-0.05, 0) is 64.2 Å². The van der Waals surface area contributed by atoms with E-state index < -0.39 is 18.2 Å². The molecule has 6 heteroatoms. The fourth-order valence-electron chi connectivity index (χ4n) is 6.35. The highest BCUT2D eigenvalue weighted by molar-refractivity contribution is 5.77. The van der Waals surface area contributed by atoms with Crippen LogP contribution in [0, 0.1) is 0 Å². The predicted molar refractivity (Wildman–Crippen MR) is 222 cm³/mol. The second-order valence-corrected chi connectivity index (χ2v) is 14.8. The Kier molecular flexibility index (Phi) is 38.3. The quantitative estimate of drug-likeness (QED) is 0.0254. The molecule has 52 heavy (non-hydrogen) atoms. The van der Waals surface area contributed by atoms with Gasteiger partial charge in [0.1, 0.15) is 6.10 Å². The maximum atomic E-state index is 13.1. The number of unbranched alkanes of at least 4 members (excludes halogenated alkanes) is 20. The molecule has 0 saturated heterocycles. The number of amides is 1. The van der Waals surface area contributed by atoms with Crippen LogP contribution in [0.1, 0.15) is 207 Å². The molecule has 1 amide bonds. The van der Waals surface area contributed by atoms with E-state index in [2.05, 4.69) is 74.7 Å². The van der Waals surface area contributed by atoms with E-state index in [1.807, 2.05) is 0 Å². The van der Waals surface area contributed by atoms with E-state index in [4.69, 9.17) is 4.74 Å². The minimum Gasteiger partial charge on any atom is -0.462 e. The van der Waals surface area contributed by atoms with Crippen molar-refractivity contribution in [1.82, 2.24) is 5.32 Å². The number of carbonyl (C=O) groups excluding carboxylic acids is 2. The Balaban J connectivity index is 4.67. The Morgan fingerprint density at radius 2 is 1.08 bits per heavy atom. The van der Waals surface area contributed by atoms with E-state index in [0.29, 0.717) is 19.3 Å². The summed E-state index contributed by atoms with van der Waals surface area (Å²) in [7, 11) is 0. The Morgan fingerprint density at radius 3 is 1.67 bits per heavy atom. The van der Waals surface area contributed by atoms with Gasteiger partial charge >= 0.3 is 5.97 Å². The molecule has 3 N–H and O–H groups in total. The highest BCUT2D eigenvalue weighted by Crippen LogP contribution is 2.17. The Morgan fingerprint density at radius 1 is 0.577 bits per heavy atom. The number of aliphatic hydroxyl groups excluding tert-OH is 2. The Hall–Kier alpha value is -2.18. The maximum absolute atomic E-state index is 13.1. The minimum absolute atomic E-state index is 0.0600. The van der Waals surface area contributed by atoms with Gasteiger partial charge in [0.15, 0.2) is 0 Å². The van der Waals surface area contributed by atoms with Gasteiger partial charge in [0.2, 0.25) is 5.91 Å². The second-order valence-electron chi connectivity index (χ2n) is 14.8. The van der Waals surface area contributed by atoms with Crippen LogP contribution in [0.4, 0.5) is 0 Å². The first-order valence-corrected chi connectivity index (χ1v) is 21.9. The van der Waals surface area contributed by atoms with E-state index in [9.17, 15) is 19.8 Å². The van der Waals surface area contributed by atoms with Crippen molar-refractivity contribution >= 4 is 11.9 Å². The standard InChI is InChI=1S/C46H83NO5/c1-4-7-10-13-16-19-21-22-24-26-28-31-34-37-42(52-46(51)39-36-33-30-27-23-20-17-14-11-8-5-2)40-45(50)47-43(41-48)44(49)38-35-32-29-25-18-15-12-9-6-3/h7,10,13-14,16-17,19,21,42-44,48-49H,4-6,8-9,11-12,15,18,20,22-41H2,1-3H3,(H,47,50)/b10-7+,16-13+,17-14-,21-19+. The Labute approximate surface area is 321 Å². The highest BCUT2D eigenvalue weighted by atomic mass is 16.5. The first-order valence-electron chi connectivity index (χ1n) is 21.9. The average Bonchev–Trinajstić information content (AvgIpc) is 3.13. The third-order valence-corrected chi connectivity index (χ3v) is 9.70. The summed E-state index contributed by atoms with van der Waals surface area (Å²) in [6, 6.07) is -0.706. The number of ether oxygens (including phenoxy) is 1. The molecule has 6 nitrogen and oxygen atoms in total. The van der Waals surface area contributed by atoms with Gasteiger partial charge in [-0.1, -0.05) is 179 Å². The zero-order chi connectivity index (χ0) is 38.2. The van der Waals surface area contributed by atoms with E-state index in [1.165, 1.54) is 70.6 Å². The third kappa shape index (κ3) is 34.9. The fraction of sp³-hybridized carbons (Fsp3) is 0.783. The average molecular weight is 730 g/mol. The van der Waals surface area contributed by atoms with Crippen LogP contribution >= 0.6 is 0 Å². The number of rotatable bonds is 38. The summed E-state index contributed by atoms with van der Waals surface area (Å²) in [5.41, 5.74) is 0. The number of esters is 1. The van der Waals surface area contributed by atoms with Gasteiger partial charge < -0.3 is 20.3 Å². The number of nitrogens with one attached hydrogen (secondary N) is 1.